The van der Waals surface area contributed by atoms with Crippen LogP contribution in [0.2, 0.25) is 0 Å². The fourth-order valence-electron chi connectivity index (χ4n) is 5.74. The minimum atomic E-state index is -0.827. The van der Waals surface area contributed by atoms with Crippen LogP contribution in [-0.2, 0) is 0 Å². The van der Waals surface area contributed by atoms with Crippen LogP contribution < -0.4 is 15.9 Å². The van der Waals surface area contributed by atoms with E-state index in [0.29, 0.717) is 0 Å². The minimum absolute atomic E-state index is 0.827. The first-order chi connectivity index (χ1) is 19.8. The van der Waals surface area contributed by atoms with Gasteiger partial charge in [0.25, 0.3) is 0 Å². The van der Waals surface area contributed by atoms with Gasteiger partial charge in [-0.25, -0.2) is 0 Å². The molecule has 1 heterocycles. The molecule has 0 unspecified atom stereocenters. The molecule has 7 rings (SSSR count). The van der Waals surface area contributed by atoms with E-state index in [4.69, 9.17) is 4.98 Å². The summed E-state index contributed by atoms with van der Waals surface area (Å²) in [6.07, 6.45) is 0. The maximum atomic E-state index is 5.01. The molecule has 1 nitrogen and oxygen atoms in total. The Balaban J connectivity index is 1.65. The molecule has 0 aliphatic heterocycles. The Hall–Kier alpha value is -4.58. The van der Waals surface area contributed by atoms with Crippen LogP contribution in [0.5, 0.6) is 0 Å². The SMILES string of the molecule is Cc1cccc(-c2ccc3ccccc3c2-c2c(P(c3ccccc3)c3ccccc3)ccc3ccccc23)n1. The third kappa shape index (κ3) is 4.39. The number of aromatic nitrogens is 1. The van der Waals surface area contributed by atoms with Gasteiger partial charge in [-0.1, -0.05) is 140 Å². The van der Waals surface area contributed by atoms with Crippen LogP contribution in [0.4, 0.5) is 0 Å². The number of rotatable bonds is 5. The highest BCUT2D eigenvalue weighted by Crippen LogP contribution is 2.45. The van der Waals surface area contributed by atoms with Crippen LogP contribution in [0, 0.1) is 6.92 Å². The predicted molar refractivity (Wildman–Crippen MR) is 174 cm³/mol. The van der Waals surface area contributed by atoms with Crippen molar-refractivity contribution >= 4 is 45.4 Å². The summed E-state index contributed by atoms with van der Waals surface area (Å²) in [6.45, 7) is 2.07. The molecule has 6 aromatic carbocycles. The van der Waals surface area contributed by atoms with E-state index in [0.717, 1.165) is 17.0 Å². The molecule has 0 N–H and O–H groups in total. The first-order valence-corrected chi connectivity index (χ1v) is 15.0. The second kappa shape index (κ2) is 10.5. The van der Waals surface area contributed by atoms with Crippen LogP contribution in [0.15, 0.2) is 152 Å². The third-order valence-electron chi connectivity index (χ3n) is 7.52. The Morgan fingerprint density at radius 1 is 0.450 bits per heavy atom. The monoisotopic (exact) mass is 529 g/mol. The van der Waals surface area contributed by atoms with E-state index in [9.17, 15) is 0 Å². The summed E-state index contributed by atoms with van der Waals surface area (Å²) in [5, 5.41) is 9.04. The van der Waals surface area contributed by atoms with E-state index in [1.54, 1.807) is 0 Å². The van der Waals surface area contributed by atoms with Crippen molar-refractivity contribution in [1.29, 1.82) is 0 Å². The molecule has 0 saturated carbocycles. The first kappa shape index (κ1) is 24.5. The molecule has 0 amide bonds. The highest BCUT2D eigenvalue weighted by Gasteiger charge is 2.25. The van der Waals surface area contributed by atoms with Gasteiger partial charge in [-0.3, -0.25) is 4.98 Å². The Kier molecular flexibility index (Phi) is 6.44. The maximum absolute atomic E-state index is 5.01. The Labute approximate surface area is 236 Å². The van der Waals surface area contributed by atoms with E-state index in [1.165, 1.54) is 48.6 Å². The summed E-state index contributed by atoms with van der Waals surface area (Å²) in [6, 6.07) is 55.0. The molecule has 0 atom stereocenters. The van der Waals surface area contributed by atoms with Gasteiger partial charge in [-0.05, 0) is 70.0 Å². The normalized spacial score (nSPS) is 11.3. The average molecular weight is 530 g/mol. The Morgan fingerprint density at radius 3 is 1.62 bits per heavy atom. The van der Waals surface area contributed by atoms with Crippen molar-refractivity contribution in [2.45, 2.75) is 6.92 Å². The molecule has 7 aromatic rings. The van der Waals surface area contributed by atoms with Crippen LogP contribution in [0.25, 0.3) is 43.9 Å². The van der Waals surface area contributed by atoms with Gasteiger partial charge in [-0.15, -0.1) is 0 Å². The predicted octanol–water partition coefficient (Wildman–Crippen LogP) is 8.79. The molecule has 0 bridgehead atoms. The molecule has 1 aromatic heterocycles. The zero-order chi connectivity index (χ0) is 26.9. The number of benzene rings is 6. The molecule has 2 heteroatoms. The first-order valence-electron chi connectivity index (χ1n) is 13.7. The van der Waals surface area contributed by atoms with Gasteiger partial charge in [0, 0.05) is 16.8 Å². The largest absolute Gasteiger partial charge is 0.253 e. The number of pyridine rings is 1. The number of hydrogen-bond donors (Lipinski definition) is 0. The highest BCUT2D eigenvalue weighted by molar-refractivity contribution is 7.80. The van der Waals surface area contributed by atoms with Crippen molar-refractivity contribution in [2.75, 3.05) is 0 Å². The quantitative estimate of drug-likeness (QED) is 0.203. The zero-order valence-corrected chi connectivity index (χ0v) is 23.2. The van der Waals surface area contributed by atoms with Gasteiger partial charge >= 0.3 is 0 Å². The lowest BCUT2D eigenvalue weighted by atomic mass is 9.88. The van der Waals surface area contributed by atoms with Crippen LogP contribution in [0.3, 0.4) is 0 Å². The van der Waals surface area contributed by atoms with Crippen molar-refractivity contribution in [3.05, 3.63) is 157 Å². The summed E-state index contributed by atoms with van der Waals surface area (Å²) in [5.41, 5.74) is 5.74. The molecular weight excluding hydrogens is 501 g/mol. The molecule has 0 saturated heterocycles. The minimum Gasteiger partial charge on any atom is -0.253 e. The summed E-state index contributed by atoms with van der Waals surface area (Å²) in [5.74, 6) is 0. The maximum Gasteiger partial charge on any atom is 0.0711 e. The fourth-order valence-corrected chi connectivity index (χ4v) is 8.21. The van der Waals surface area contributed by atoms with Gasteiger partial charge in [0.1, 0.15) is 0 Å². The van der Waals surface area contributed by atoms with E-state index in [-0.39, 0.29) is 0 Å². The standard InChI is InChI=1S/C38H28NP/c1-27-13-12-22-35(39-27)34-25-23-28-14-8-10-20-32(28)37(34)38-33-21-11-9-15-29(33)24-26-36(38)40(30-16-4-2-5-17-30)31-18-6-3-7-19-31/h2-26H,1H3. The number of hydrogen-bond acceptors (Lipinski definition) is 1. The van der Waals surface area contributed by atoms with Crippen molar-refractivity contribution in [3.63, 3.8) is 0 Å². The molecule has 0 spiro atoms. The van der Waals surface area contributed by atoms with Crippen LogP contribution in [0.1, 0.15) is 5.69 Å². The molecule has 0 aliphatic rings. The summed E-state index contributed by atoms with van der Waals surface area (Å²) in [7, 11) is -0.827. The van der Waals surface area contributed by atoms with Gasteiger partial charge in [0.2, 0.25) is 0 Å². The van der Waals surface area contributed by atoms with E-state index in [1.807, 2.05) is 0 Å². The topological polar surface area (TPSA) is 12.9 Å². The van der Waals surface area contributed by atoms with E-state index >= 15 is 0 Å². The van der Waals surface area contributed by atoms with Gasteiger partial charge in [-0.2, -0.15) is 0 Å². The average Bonchev–Trinajstić information content (AvgIpc) is 3.02. The number of nitrogens with zero attached hydrogens (tertiary/aromatic N) is 1. The van der Waals surface area contributed by atoms with Gasteiger partial charge in [0.05, 0.1) is 5.69 Å². The number of aryl methyl sites for hydroxylation is 1. The summed E-state index contributed by atoms with van der Waals surface area (Å²) in [4.78, 5) is 5.01. The number of fused-ring (bicyclic) bond motifs is 2. The smallest absolute Gasteiger partial charge is 0.0711 e. The second-order valence-corrected chi connectivity index (χ2v) is 12.2. The molecular formula is C38H28NP. The van der Waals surface area contributed by atoms with Crippen molar-refractivity contribution in [2.24, 2.45) is 0 Å². The highest BCUT2D eigenvalue weighted by atomic mass is 31.1. The van der Waals surface area contributed by atoms with Crippen molar-refractivity contribution < 1.29 is 0 Å². The molecule has 40 heavy (non-hydrogen) atoms. The zero-order valence-electron chi connectivity index (χ0n) is 22.3. The molecule has 0 radical (unpaired) electrons. The van der Waals surface area contributed by atoms with Gasteiger partial charge in [0.15, 0.2) is 0 Å². The lowest BCUT2D eigenvalue weighted by Gasteiger charge is -2.25. The van der Waals surface area contributed by atoms with Crippen LogP contribution in [-0.4, -0.2) is 4.98 Å². The van der Waals surface area contributed by atoms with Gasteiger partial charge < -0.3 is 0 Å². The van der Waals surface area contributed by atoms with Crippen LogP contribution >= 0.6 is 7.92 Å². The van der Waals surface area contributed by atoms with Crippen molar-refractivity contribution in [1.82, 2.24) is 4.98 Å². The third-order valence-corrected chi connectivity index (χ3v) is 10.0. The second-order valence-electron chi connectivity index (χ2n) is 10.1. The van der Waals surface area contributed by atoms with Crippen molar-refractivity contribution in [3.8, 4) is 22.4 Å². The molecule has 0 aliphatic carbocycles. The fraction of sp³-hybridized carbons (Fsp3) is 0.0263. The summed E-state index contributed by atoms with van der Waals surface area (Å²) >= 11 is 0. The summed E-state index contributed by atoms with van der Waals surface area (Å²) < 4.78 is 0. The Bertz CT molecular complexity index is 1920. The lowest BCUT2D eigenvalue weighted by molar-refractivity contribution is 1.21. The van der Waals surface area contributed by atoms with E-state index < -0.39 is 7.92 Å². The van der Waals surface area contributed by atoms with E-state index in [2.05, 4.69) is 159 Å². The lowest BCUT2D eigenvalue weighted by Crippen LogP contribution is -2.22. The Morgan fingerprint density at radius 2 is 1.00 bits per heavy atom. The molecule has 0 fully saturated rings. The molecule has 190 valence electrons.